The predicted octanol–water partition coefficient (Wildman–Crippen LogP) is 1.74. The van der Waals surface area contributed by atoms with Crippen LogP contribution in [0.5, 0.6) is 0 Å². The lowest BCUT2D eigenvalue weighted by atomic mass is 10.1. The summed E-state index contributed by atoms with van der Waals surface area (Å²) >= 11 is 1.33. The molecule has 0 spiro atoms. The molecule has 7 heteroatoms. The van der Waals surface area contributed by atoms with E-state index in [9.17, 15) is 8.42 Å². The van der Waals surface area contributed by atoms with E-state index in [1.165, 1.54) is 15.6 Å². The number of hydrogen-bond acceptors (Lipinski definition) is 5. The highest BCUT2D eigenvalue weighted by atomic mass is 32.2. The lowest BCUT2D eigenvalue weighted by molar-refractivity contribution is 0.0290. The molecule has 2 heterocycles. The zero-order chi connectivity index (χ0) is 14.8. The molecule has 2 rings (SSSR count). The van der Waals surface area contributed by atoms with Crippen LogP contribution in [-0.2, 0) is 21.4 Å². The van der Waals surface area contributed by atoms with Gasteiger partial charge in [-0.2, -0.15) is 4.31 Å². The van der Waals surface area contributed by atoms with Crippen LogP contribution in [0.2, 0.25) is 0 Å². The molecular formula is C13H21NO4S2. The maximum atomic E-state index is 12.6. The molecule has 0 saturated carbocycles. The van der Waals surface area contributed by atoms with E-state index in [0.717, 1.165) is 17.7 Å². The van der Waals surface area contributed by atoms with Crippen LogP contribution in [0.15, 0.2) is 11.0 Å². The van der Waals surface area contributed by atoms with E-state index in [1.807, 2.05) is 6.92 Å². The van der Waals surface area contributed by atoms with Crippen LogP contribution in [0.25, 0.3) is 0 Å². The molecule has 0 radical (unpaired) electrons. The van der Waals surface area contributed by atoms with Gasteiger partial charge in [0.2, 0.25) is 10.0 Å². The molecule has 1 aliphatic heterocycles. The molecule has 5 nitrogen and oxygen atoms in total. The number of hydrogen-bond donors (Lipinski definition) is 1. The van der Waals surface area contributed by atoms with Crippen molar-refractivity contribution in [2.24, 2.45) is 0 Å². The van der Waals surface area contributed by atoms with E-state index >= 15 is 0 Å². The van der Waals surface area contributed by atoms with Crippen molar-refractivity contribution in [3.8, 4) is 0 Å². The molecule has 1 saturated heterocycles. The quantitative estimate of drug-likeness (QED) is 0.898. The highest BCUT2D eigenvalue weighted by molar-refractivity contribution is 7.89. The SMILES string of the molecule is CCOC1CCN(S(=O)(=O)c2cc(CO)sc2C)CC1. The van der Waals surface area contributed by atoms with Crippen molar-refractivity contribution in [1.82, 2.24) is 4.31 Å². The Bertz CT molecular complexity index is 545. The molecule has 0 aliphatic carbocycles. The van der Waals surface area contributed by atoms with Gasteiger partial charge in [0.1, 0.15) is 0 Å². The minimum Gasteiger partial charge on any atom is -0.391 e. The Hall–Kier alpha value is -0.470. The summed E-state index contributed by atoms with van der Waals surface area (Å²) in [7, 11) is -3.44. The van der Waals surface area contributed by atoms with Crippen LogP contribution in [-0.4, -0.2) is 43.6 Å². The Labute approximate surface area is 124 Å². The van der Waals surface area contributed by atoms with Crippen LogP contribution < -0.4 is 0 Å². The summed E-state index contributed by atoms with van der Waals surface area (Å²) in [4.78, 5) is 1.76. The second kappa shape index (κ2) is 6.53. The van der Waals surface area contributed by atoms with E-state index in [2.05, 4.69) is 0 Å². The number of thiophene rings is 1. The molecule has 1 fully saturated rings. The van der Waals surface area contributed by atoms with E-state index < -0.39 is 10.0 Å². The fourth-order valence-corrected chi connectivity index (χ4v) is 5.41. The molecule has 20 heavy (non-hydrogen) atoms. The molecule has 1 aliphatic rings. The molecule has 1 N–H and O–H groups in total. The lowest BCUT2D eigenvalue weighted by Crippen LogP contribution is -2.40. The zero-order valence-corrected chi connectivity index (χ0v) is 13.5. The smallest absolute Gasteiger partial charge is 0.244 e. The van der Waals surface area contributed by atoms with Crippen molar-refractivity contribution >= 4 is 21.4 Å². The third kappa shape index (κ3) is 3.23. The van der Waals surface area contributed by atoms with Gasteiger partial charge in [-0.1, -0.05) is 0 Å². The van der Waals surface area contributed by atoms with Crippen LogP contribution in [0.3, 0.4) is 0 Å². The van der Waals surface area contributed by atoms with Gasteiger partial charge in [-0.3, -0.25) is 0 Å². The molecule has 0 unspecified atom stereocenters. The van der Waals surface area contributed by atoms with Gasteiger partial charge >= 0.3 is 0 Å². The van der Waals surface area contributed by atoms with Gasteiger partial charge < -0.3 is 9.84 Å². The van der Waals surface area contributed by atoms with Crippen molar-refractivity contribution in [3.05, 3.63) is 15.8 Å². The third-order valence-electron chi connectivity index (χ3n) is 3.50. The first kappa shape index (κ1) is 15.9. The molecule has 114 valence electrons. The summed E-state index contributed by atoms with van der Waals surface area (Å²) in [5.41, 5.74) is 0. The average molecular weight is 319 g/mol. The lowest BCUT2D eigenvalue weighted by Gasteiger charge is -2.30. The van der Waals surface area contributed by atoms with Crippen molar-refractivity contribution in [1.29, 1.82) is 0 Å². The van der Waals surface area contributed by atoms with E-state index in [1.54, 1.807) is 13.0 Å². The number of ether oxygens (including phenoxy) is 1. The number of aliphatic hydroxyl groups is 1. The topological polar surface area (TPSA) is 66.8 Å². The fraction of sp³-hybridized carbons (Fsp3) is 0.692. The first-order valence-corrected chi connectivity index (χ1v) is 9.06. The number of sulfonamides is 1. The van der Waals surface area contributed by atoms with Crippen molar-refractivity contribution in [2.45, 2.75) is 44.3 Å². The summed E-state index contributed by atoms with van der Waals surface area (Å²) in [6, 6.07) is 1.59. The van der Waals surface area contributed by atoms with Gasteiger partial charge in [0.05, 0.1) is 17.6 Å². The Kier molecular flexibility index (Phi) is 5.19. The van der Waals surface area contributed by atoms with Gasteiger partial charge in [-0.15, -0.1) is 11.3 Å². The van der Waals surface area contributed by atoms with Crippen LogP contribution >= 0.6 is 11.3 Å². The first-order chi connectivity index (χ1) is 9.48. The second-order valence-electron chi connectivity index (χ2n) is 4.85. The number of piperidine rings is 1. The first-order valence-electron chi connectivity index (χ1n) is 6.81. The van der Waals surface area contributed by atoms with E-state index in [-0.39, 0.29) is 12.7 Å². The van der Waals surface area contributed by atoms with Gasteiger partial charge in [0.15, 0.2) is 0 Å². The highest BCUT2D eigenvalue weighted by Gasteiger charge is 2.31. The van der Waals surface area contributed by atoms with Crippen LogP contribution in [0, 0.1) is 6.92 Å². The summed E-state index contributed by atoms with van der Waals surface area (Å²) < 4.78 is 32.3. The van der Waals surface area contributed by atoms with E-state index in [4.69, 9.17) is 9.84 Å². The maximum Gasteiger partial charge on any atom is 0.244 e. The minimum atomic E-state index is -3.44. The standard InChI is InChI=1S/C13H21NO4S2/c1-3-18-11-4-6-14(7-5-11)20(16,17)13-8-12(9-15)19-10(13)2/h8,11,15H,3-7,9H2,1-2H3. The van der Waals surface area contributed by atoms with Crippen molar-refractivity contribution < 1.29 is 18.3 Å². The zero-order valence-electron chi connectivity index (χ0n) is 11.8. The molecule has 1 aromatic rings. The van der Waals surface area contributed by atoms with Crippen molar-refractivity contribution in [2.75, 3.05) is 19.7 Å². The van der Waals surface area contributed by atoms with Gasteiger partial charge in [0, 0.05) is 29.5 Å². The number of aliphatic hydroxyl groups excluding tert-OH is 1. The monoisotopic (exact) mass is 319 g/mol. The van der Waals surface area contributed by atoms with Gasteiger partial charge in [-0.05, 0) is 32.8 Å². The molecule has 0 atom stereocenters. The average Bonchev–Trinajstić information content (AvgIpc) is 2.82. The number of rotatable bonds is 5. The minimum absolute atomic E-state index is 0.118. The Balaban J connectivity index is 2.13. The van der Waals surface area contributed by atoms with Gasteiger partial charge in [0.25, 0.3) is 0 Å². The Morgan fingerprint density at radius 1 is 1.45 bits per heavy atom. The second-order valence-corrected chi connectivity index (χ2v) is 8.10. The van der Waals surface area contributed by atoms with Gasteiger partial charge in [-0.25, -0.2) is 8.42 Å². The largest absolute Gasteiger partial charge is 0.391 e. The number of aryl methyl sites for hydroxylation is 1. The van der Waals surface area contributed by atoms with Crippen LogP contribution in [0.4, 0.5) is 0 Å². The molecule has 0 aromatic carbocycles. The highest BCUT2D eigenvalue weighted by Crippen LogP contribution is 2.30. The van der Waals surface area contributed by atoms with Crippen molar-refractivity contribution in [3.63, 3.8) is 0 Å². The normalized spacial score (nSPS) is 18.6. The third-order valence-corrected chi connectivity index (χ3v) is 6.69. The molecule has 1 aromatic heterocycles. The fourth-order valence-electron chi connectivity index (χ4n) is 2.47. The summed E-state index contributed by atoms with van der Waals surface area (Å²) in [5, 5.41) is 9.13. The predicted molar refractivity (Wildman–Crippen MR) is 78.4 cm³/mol. The molecule has 0 amide bonds. The van der Waals surface area contributed by atoms with E-state index in [0.29, 0.717) is 29.5 Å². The maximum absolute atomic E-state index is 12.6. The number of nitrogens with zero attached hydrogens (tertiary/aromatic N) is 1. The molecular weight excluding hydrogens is 298 g/mol. The Morgan fingerprint density at radius 2 is 2.10 bits per heavy atom. The molecule has 0 bridgehead atoms. The summed E-state index contributed by atoms with van der Waals surface area (Å²) in [5.74, 6) is 0. The Morgan fingerprint density at radius 3 is 2.60 bits per heavy atom. The summed E-state index contributed by atoms with van der Waals surface area (Å²) in [6.45, 7) is 5.28. The van der Waals surface area contributed by atoms with Crippen LogP contribution in [0.1, 0.15) is 29.5 Å². The summed E-state index contributed by atoms with van der Waals surface area (Å²) in [6.07, 6.45) is 1.65.